The van der Waals surface area contributed by atoms with Gasteiger partial charge < -0.3 is 28.8 Å². The molecule has 1 atom stereocenters. The molecular formula is C42H38FN3O8S. The minimum Gasteiger partial charge on any atom is -0.493 e. The lowest BCUT2D eigenvalue weighted by Crippen LogP contribution is -2.52. The molecule has 13 heteroatoms. The molecule has 2 heterocycles. The van der Waals surface area contributed by atoms with Gasteiger partial charge in [0.25, 0.3) is 0 Å². The quantitative estimate of drug-likeness (QED) is 0.115. The Morgan fingerprint density at radius 1 is 0.891 bits per heavy atom. The van der Waals surface area contributed by atoms with Crippen molar-refractivity contribution in [2.24, 2.45) is 0 Å². The number of carbonyl (C=O) groups excluding carboxylic acids is 1. The molecule has 1 N–H and O–H groups in total. The zero-order chi connectivity index (χ0) is 38.9. The molecule has 55 heavy (non-hydrogen) atoms. The predicted molar refractivity (Wildman–Crippen MR) is 206 cm³/mol. The van der Waals surface area contributed by atoms with Crippen LogP contribution in [0.3, 0.4) is 0 Å². The van der Waals surface area contributed by atoms with E-state index in [1.807, 2.05) is 42.5 Å². The molecule has 0 bridgehead atoms. The summed E-state index contributed by atoms with van der Waals surface area (Å²) in [5.74, 6) is -0.553. The minimum atomic E-state index is -2.16. The van der Waals surface area contributed by atoms with E-state index >= 15 is 4.39 Å². The van der Waals surface area contributed by atoms with Crippen molar-refractivity contribution in [3.05, 3.63) is 125 Å². The van der Waals surface area contributed by atoms with Crippen LogP contribution in [0.5, 0.6) is 23.0 Å². The molecule has 282 valence electrons. The van der Waals surface area contributed by atoms with Crippen molar-refractivity contribution in [3.63, 3.8) is 0 Å². The van der Waals surface area contributed by atoms with Crippen LogP contribution in [-0.2, 0) is 28.1 Å². The molecule has 1 unspecified atom stereocenters. The minimum absolute atomic E-state index is 0.0345. The van der Waals surface area contributed by atoms with Crippen LogP contribution in [0, 0.1) is 5.82 Å². The van der Waals surface area contributed by atoms with Gasteiger partial charge in [0.15, 0.2) is 23.1 Å². The van der Waals surface area contributed by atoms with E-state index in [2.05, 4.69) is 8.75 Å². The number of methoxy groups -OCH3 is 3. The van der Waals surface area contributed by atoms with Crippen molar-refractivity contribution in [1.82, 2.24) is 13.6 Å². The van der Waals surface area contributed by atoms with Crippen LogP contribution in [0.1, 0.15) is 36.1 Å². The second-order valence-corrected chi connectivity index (χ2v) is 13.7. The zero-order valence-electron chi connectivity index (χ0n) is 30.8. The van der Waals surface area contributed by atoms with E-state index in [9.17, 15) is 14.7 Å². The van der Waals surface area contributed by atoms with E-state index < -0.39 is 23.6 Å². The fourth-order valence-electron chi connectivity index (χ4n) is 7.22. The molecule has 1 aromatic heterocycles. The normalized spacial score (nSPS) is 15.4. The predicted octanol–water partition coefficient (Wildman–Crippen LogP) is 8.43. The molecule has 0 saturated heterocycles. The lowest BCUT2D eigenvalue weighted by molar-refractivity contribution is -0.161. The highest BCUT2D eigenvalue weighted by atomic mass is 32.1. The van der Waals surface area contributed by atoms with Crippen LogP contribution in [0.15, 0.2) is 96.6 Å². The molecule has 6 aromatic rings. The van der Waals surface area contributed by atoms with Crippen LogP contribution in [0.2, 0.25) is 0 Å². The highest BCUT2D eigenvalue weighted by Gasteiger charge is 2.55. The largest absolute Gasteiger partial charge is 0.493 e. The van der Waals surface area contributed by atoms with Gasteiger partial charge in [-0.15, -0.1) is 0 Å². The number of aromatic nitrogens is 2. The summed E-state index contributed by atoms with van der Waals surface area (Å²) in [5, 5.41) is 13.1. The number of cyclic esters (lactones) is 1. The number of nitrogens with zero attached hydrogens (tertiary/aromatic N) is 3. The van der Waals surface area contributed by atoms with Gasteiger partial charge in [0.05, 0.1) is 44.7 Å². The average molecular weight is 764 g/mol. The Bertz CT molecular complexity index is 2430. The maximum absolute atomic E-state index is 16.1. The maximum atomic E-state index is 16.1. The van der Waals surface area contributed by atoms with Gasteiger partial charge in [0, 0.05) is 24.1 Å². The number of rotatable bonds is 13. The van der Waals surface area contributed by atoms with Crippen LogP contribution >= 0.6 is 11.7 Å². The molecule has 1 amide bonds. The third-order valence-electron chi connectivity index (χ3n) is 9.58. The Morgan fingerprint density at radius 2 is 1.62 bits per heavy atom. The summed E-state index contributed by atoms with van der Waals surface area (Å²) in [4.78, 5) is 29.4. The Hall–Kier alpha value is -6.21. The molecule has 11 nitrogen and oxygen atoms in total. The lowest BCUT2D eigenvalue weighted by Gasteiger charge is -2.40. The molecule has 0 spiro atoms. The summed E-state index contributed by atoms with van der Waals surface area (Å²) in [6, 6.07) is 26.4. The Kier molecular flexibility index (Phi) is 10.3. The molecule has 1 aliphatic rings. The number of hydrogen-bond acceptors (Lipinski definition) is 10. The van der Waals surface area contributed by atoms with E-state index in [1.165, 1.54) is 39.5 Å². The van der Waals surface area contributed by atoms with Gasteiger partial charge in [0.1, 0.15) is 11.0 Å². The number of fused-ring (bicyclic) bond motifs is 2. The third-order valence-corrected chi connectivity index (χ3v) is 10.1. The smallest absolute Gasteiger partial charge is 0.410 e. The number of amides is 1. The number of halogens is 1. The lowest BCUT2D eigenvalue weighted by atomic mass is 9.84. The van der Waals surface area contributed by atoms with Gasteiger partial charge in [0.2, 0.25) is 11.5 Å². The van der Waals surface area contributed by atoms with E-state index in [-0.39, 0.29) is 47.9 Å². The van der Waals surface area contributed by atoms with Crippen molar-refractivity contribution < 1.29 is 42.8 Å². The number of esters is 1. The average Bonchev–Trinajstić information content (AvgIpc) is 3.76. The highest BCUT2D eigenvalue weighted by Crippen LogP contribution is 2.51. The molecule has 0 fully saturated rings. The highest BCUT2D eigenvalue weighted by molar-refractivity contribution is 7.00. The summed E-state index contributed by atoms with van der Waals surface area (Å²) in [6.45, 7) is 3.40. The Balaban J connectivity index is 1.49. The van der Waals surface area contributed by atoms with Crippen molar-refractivity contribution in [2.75, 3.05) is 27.9 Å². The summed E-state index contributed by atoms with van der Waals surface area (Å²) >= 11 is 1.03. The molecule has 0 radical (unpaired) electrons. The molecule has 1 aliphatic heterocycles. The van der Waals surface area contributed by atoms with E-state index in [4.69, 9.17) is 23.7 Å². The number of ether oxygens (including phenoxy) is 5. The first-order valence-corrected chi connectivity index (χ1v) is 18.2. The van der Waals surface area contributed by atoms with Gasteiger partial charge in [-0.2, -0.15) is 8.75 Å². The zero-order valence-corrected chi connectivity index (χ0v) is 31.6. The number of carboxylic acid groups (broad SMARTS) is 1. The third kappa shape index (κ3) is 6.87. The van der Waals surface area contributed by atoms with Crippen molar-refractivity contribution in [1.29, 1.82) is 0 Å². The van der Waals surface area contributed by atoms with Crippen molar-refractivity contribution in [2.45, 2.75) is 38.5 Å². The standard InChI is InChI=1S/C42H38FN3O8S/c1-24(2)53-35-16-14-29(23-32(35)43)42(46(41(48)49)18-17-27-11-8-10-26-9-6-7-12-30(26)27)31(19-25-20-36(50-3)39(52-5)37(21-25)51-4)38(40(47)54-42)28-13-15-33-34(22-28)45-55-44-33/h6-16,20-24H,17-19H2,1-5H3,(H,48,49). The molecule has 7 rings (SSSR count). The summed E-state index contributed by atoms with van der Waals surface area (Å²) < 4.78 is 53.8. The first kappa shape index (κ1) is 37.1. The molecule has 0 saturated carbocycles. The fourth-order valence-corrected chi connectivity index (χ4v) is 7.73. The first-order chi connectivity index (χ1) is 26.6. The number of hydrogen-bond donors (Lipinski definition) is 1. The second kappa shape index (κ2) is 15.3. The van der Waals surface area contributed by atoms with Gasteiger partial charge in [-0.1, -0.05) is 48.5 Å². The Morgan fingerprint density at radius 3 is 2.31 bits per heavy atom. The summed E-state index contributed by atoms with van der Waals surface area (Å²) in [7, 11) is 4.46. The van der Waals surface area contributed by atoms with Crippen LogP contribution in [0.25, 0.3) is 27.4 Å². The van der Waals surface area contributed by atoms with E-state index in [1.54, 1.807) is 44.2 Å². The molecular weight excluding hydrogens is 726 g/mol. The topological polar surface area (TPSA) is 130 Å². The van der Waals surface area contributed by atoms with Crippen LogP contribution in [-0.4, -0.2) is 64.8 Å². The number of benzene rings is 5. The van der Waals surface area contributed by atoms with Crippen LogP contribution < -0.4 is 18.9 Å². The second-order valence-electron chi connectivity index (χ2n) is 13.2. The SMILES string of the molecule is COc1cc(CC2=C(c3ccc4nsnc4c3)C(=O)OC2(c2ccc(OC(C)C)c(F)c2)N(CCc2cccc3ccccc23)C(=O)O)cc(OC)c1OC. The van der Waals surface area contributed by atoms with Gasteiger partial charge in [-0.3, -0.25) is 4.90 Å². The van der Waals surface area contributed by atoms with Gasteiger partial charge in [-0.05, 0) is 90.2 Å². The summed E-state index contributed by atoms with van der Waals surface area (Å²) in [6.07, 6.45) is -1.55. The van der Waals surface area contributed by atoms with Gasteiger partial charge in [-0.25, -0.2) is 14.0 Å². The molecule has 0 aliphatic carbocycles. The number of carbonyl (C=O) groups is 2. The Labute approximate surface area is 320 Å². The monoisotopic (exact) mass is 763 g/mol. The maximum Gasteiger partial charge on any atom is 0.410 e. The van der Waals surface area contributed by atoms with E-state index in [0.29, 0.717) is 39.4 Å². The molecule has 5 aromatic carbocycles. The first-order valence-electron chi connectivity index (χ1n) is 17.5. The fraction of sp³-hybridized carbons (Fsp3) is 0.238. The van der Waals surface area contributed by atoms with Crippen molar-refractivity contribution in [3.8, 4) is 23.0 Å². The summed E-state index contributed by atoms with van der Waals surface area (Å²) in [5.41, 5.74) is 1.30. The van der Waals surface area contributed by atoms with Crippen LogP contribution in [0.4, 0.5) is 9.18 Å². The van der Waals surface area contributed by atoms with Crippen molar-refractivity contribution >= 4 is 51.2 Å². The van der Waals surface area contributed by atoms with E-state index in [0.717, 1.165) is 33.0 Å². The van der Waals surface area contributed by atoms with Gasteiger partial charge >= 0.3 is 12.1 Å².